The van der Waals surface area contributed by atoms with Gasteiger partial charge in [-0.05, 0) is 100 Å². The summed E-state index contributed by atoms with van der Waals surface area (Å²) in [5.74, 6) is 3.17. The van der Waals surface area contributed by atoms with E-state index in [0.29, 0.717) is 17.6 Å². The molecule has 3 rings (SSSR count). The topological polar surface area (TPSA) is 41.4 Å². The summed E-state index contributed by atoms with van der Waals surface area (Å²) in [4.78, 5) is 17.2. The molecule has 0 radical (unpaired) electrons. The Labute approximate surface area is 196 Å². The average Bonchev–Trinajstić information content (AvgIpc) is 3.22. The molecule has 0 aliphatic carbocycles. The van der Waals surface area contributed by atoms with Crippen LogP contribution in [-0.4, -0.2) is 64.6 Å². The number of hydrogen-bond donors (Lipinski definition) is 0. The Morgan fingerprint density at radius 2 is 1.56 bits per heavy atom. The molecule has 182 valence electrons. The van der Waals surface area contributed by atoms with Gasteiger partial charge in [0.05, 0.1) is 6.20 Å². The minimum atomic E-state index is 0.451. The number of carbonyl (C=O) groups excluding carboxylic acids is 1. The molecule has 1 aromatic rings. The van der Waals surface area contributed by atoms with Crippen molar-refractivity contribution in [2.24, 2.45) is 17.8 Å². The van der Waals surface area contributed by atoms with Gasteiger partial charge in [-0.1, -0.05) is 27.7 Å². The van der Waals surface area contributed by atoms with Crippen molar-refractivity contribution >= 4 is 5.78 Å². The van der Waals surface area contributed by atoms with Gasteiger partial charge in [-0.25, -0.2) is 0 Å². The van der Waals surface area contributed by atoms with Crippen molar-refractivity contribution in [3.8, 4) is 0 Å². The number of unbranched alkanes of at least 4 members (excludes halogenated alkanes) is 1. The lowest BCUT2D eigenvalue weighted by atomic mass is 9.92. The molecule has 5 nitrogen and oxygen atoms in total. The van der Waals surface area contributed by atoms with Gasteiger partial charge < -0.3 is 9.80 Å². The minimum Gasteiger partial charge on any atom is -0.303 e. The molecule has 32 heavy (non-hydrogen) atoms. The minimum absolute atomic E-state index is 0.451. The highest BCUT2D eigenvalue weighted by Crippen LogP contribution is 2.24. The number of Topliss-reactive ketones (excluding diaryl/α,β-unsaturated/α-hetero) is 1. The van der Waals surface area contributed by atoms with Gasteiger partial charge in [0.2, 0.25) is 0 Å². The Hall–Kier alpha value is -1.20. The number of piperidine rings is 2. The third-order valence-electron chi connectivity index (χ3n) is 7.51. The number of likely N-dealkylation sites (tertiary alicyclic amines) is 2. The highest BCUT2D eigenvalue weighted by molar-refractivity contribution is 5.78. The summed E-state index contributed by atoms with van der Waals surface area (Å²) < 4.78 is 2.17. The van der Waals surface area contributed by atoms with Crippen molar-refractivity contribution in [1.29, 1.82) is 0 Å². The average molecular weight is 445 g/mol. The first-order valence-corrected chi connectivity index (χ1v) is 13.4. The summed E-state index contributed by atoms with van der Waals surface area (Å²) >= 11 is 0. The van der Waals surface area contributed by atoms with E-state index >= 15 is 0 Å². The van der Waals surface area contributed by atoms with Gasteiger partial charge in [0, 0.05) is 32.1 Å². The molecule has 5 heteroatoms. The number of nitrogens with zero attached hydrogens (tertiary/aromatic N) is 4. The summed E-state index contributed by atoms with van der Waals surface area (Å²) in [6.45, 7) is 17.3. The Morgan fingerprint density at radius 1 is 0.938 bits per heavy atom. The summed E-state index contributed by atoms with van der Waals surface area (Å²) in [6.07, 6.45) is 13.4. The zero-order valence-electron chi connectivity index (χ0n) is 21.3. The summed E-state index contributed by atoms with van der Waals surface area (Å²) in [5.41, 5.74) is 1.35. The molecule has 0 spiro atoms. The highest BCUT2D eigenvalue weighted by atomic mass is 16.1. The maximum atomic E-state index is 11.9. The van der Waals surface area contributed by atoms with Crippen LogP contribution >= 0.6 is 0 Å². The molecule has 0 saturated carbocycles. The van der Waals surface area contributed by atoms with Crippen molar-refractivity contribution in [2.75, 3.05) is 39.3 Å². The molecule has 2 aliphatic rings. The molecule has 3 heterocycles. The van der Waals surface area contributed by atoms with Crippen molar-refractivity contribution in [3.63, 3.8) is 0 Å². The number of hydrogen-bond acceptors (Lipinski definition) is 4. The fourth-order valence-electron chi connectivity index (χ4n) is 5.37. The lowest BCUT2D eigenvalue weighted by Gasteiger charge is -2.37. The first-order chi connectivity index (χ1) is 15.4. The molecule has 2 aliphatic heterocycles. The van der Waals surface area contributed by atoms with Gasteiger partial charge in [0.1, 0.15) is 5.78 Å². The van der Waals surface area contributed by atoms with Gasteiger partial charge in [0.25, 0.3) is 0 Å². The van der Waals surface area contributed by atoms with E-state index in [9.17, 15) is 4.79 Å². The van der Waals surface area contributed by atoms with Crippen molar-refractivity contribution in [1.82, 2.24) is 19.6 Å². The molecule has 2 saturated heterocycles. The molecular formula is C27H48N4O. The summed E-state index contributed by atoms with van der Waals surface area (Å²) in [6, 6.07) is 0. The van der Waals surface area contributed by atoms with Gasteiger partial charge in [-0.3, -0.25) is 9.48 Å². The molecule has 0 N–H and O–H groups in total. The van der Waals surface area contributed by atoms with Gasteiger partial charge in [-0.15, -0.1) is 0 Å². The highest BCUT2D eigenvalue weighted by Gasteiger charge is 2.25. The van der Waals surface area contributed by atoms with Crippen LogP contribution in [0.4, 0.5) is 0 Å². The van der Waals surface area contributed by atoms with Gasteiger partial charge in [-0.2, -0.15) is 5.10 Å². The molecule has 0 unspecified atom stereocenters. The summed E-state index contributed by atoms with van der Waals surface area (Å²) in [7, 11) is 0. The van der Waals surface area contributed by atoms with Crippen LogP contribution in [0.1, 0.15) is 90.5 Å². The second-order valence-corrected chi connectivity index (χ2v) is 11.3. The standard InChI is InChI=1S/C27H48N4O/c1-22(2)17-27(32)7-5-6-12-29-13-8-24(9-14-29)19-30-15-10-25(11-16-30)20-31-21-26(18-28-31)23(3)4/h18,21-25H,5-17,19-20H2,1-4H3. The van der Waals surface area contributed by atoms with Gasteiger partial charge in [0.15, 0.2) is 0 Å². The Morgan fingerprint density at radius 3 is 2.16 bits per heavy atom. The van der Waals surface area contributed by atoms with Crippen LogP contribution in [0.3, 0.4) is 0 Å². The lowest BCUT2D eigenvalue weighted by molar-refractivity contribution is -0.119. The molecule has 2 fully saturated rings. The summed E-state index contributed by atoms with van der Waals surface area (Å²) in [5, 5.41) is 4.58. The number of carbonyl (C=O) groups is 1. The van der Waals surface area contributed by atoms with Crippen LogP contribution < -0.4 is 0 Å². The predicted molar refractivity (Wildman–Crippen MR) is 133 cm³/mol. The molecule has 0 atom stereocenters. The lowest BCUT2D eigenvalue weighted by Crippen LogP contribution is -2.42. The second-order valence-electron chi connectivity index (χ2n) is 11.3. The van der Waals surface area contributed by atoms with Crippen LogP contribution in [0.5, 0.6) is 0 Å². The quantitative estimate of drug-likeness (QED) is 0.415. The van der Waals surface area contributed by atoms with Crippen LogP contribution in [0.25, 0.3) is 0 Å². The van der Waals surface area contributed by atoms with E-state index < -0.39 is 0 Å². The number of rotatable bonds is 12. The number of ketones is 1. The van der Waals surface area contributed by atoms with Crippen molar-refractivity contribution in [2.45, 2.75) is 91.5 Å². The molecular weight excluding hydrogens is 396 g/mol. The molecule has 0 amide bonds. The second kappa shape index (κ2) is 12.9. The van der Waals surface area contributed by atoms with E-state index in [1.54, 1.807) is 0 Å². The normalized spacial score (nSPS) is 19.9. The fourth-order valence-corrected chi connectivity index (χ4v) is 5.37. The van der Waals surface area contributed by atoms with E-state index in [1.165, 1.54) is 76.9 Å². The van der Waals surface area contributed by atoms with Crippen molar-refractivity contribution < 1.29 is 4.79 Å². The van der Waals surface area contributed by atoms with Gasteiger partial charge >= 0.3 is 0 Å². The largest absolute Gasteiger partial charge is 0.303 e. The van der Waals surface area contributed by atoms with E-state index in [0.717, 1.165) is 37.6 Å². The Balaban J connectivity index is 1.25. The maximum absolute atomic E-state index is 11.9. The van der Waals surface area contributed by atoms with E-state index in [4.69, 9.17) is 0 Å². The Kier molecular flexibility index (Phi) is 10.2. The van der Waals surface area contributed by atoms with E-state index in [2.05, 4.69) is 53.5 Å². The third kappa shape index (κ3) is 8.62. The third-order valence-corrected chi connectivity index (χ3v) is 7.51. The monoisotopic (exact) mass is 444 g/mol. The Bertz CT molecular complexity index is 667. The van der Waals surface area contributed by atoms with Crippen LogP contribution in [0.2, 0.25) is 0 Å². The molecule has 1 aromatic heterocycles. The smallest absolute Gasteiger partial charge is 0.133 e. The first kappa shape index (κ1) is 25.4. The zero-order valence-corrected chi connectivity index (χ0v) is 21.3. The zero-order chi connectivity index (χ0) is 22.9. The number of aromatic nitrogens is 2. The molecule has 0 aromatic carbocycles. The first-order valence-electron chi connectivity index (χ1n) is 13.4. The maximum Gasteiger partial charge on any atom is 0.133 e. The SMILES string of the molecule is CC(C)CC(=O)CCCCN1CCC(CN2CCC(Cn3cc(C(C)C)cn3)CC2)CC1. The molecule has 0 bridgehead atoms. The predicted octanol–water partition coefficient (Wildman–Crippen LogP) is 5.22. The van der Waals surface area contributed by atoms with Crippen molar-refractivity contribution in [3.05, 3.63) is 18.0 Å². The van der Waals surface area contributed by atoms with Crippen LogP contribution in [-0.2, 0) is 11.3 Å². The van der Waals surface area contributed by atoms with Crippen LogP contribution in [0.15, 0.2) is 12.4 Å². The van der Waals surface area contributed by atoms with E-state index in [-0.39, 0.29) is 0 Å². The van der Waals surface area contributed by atoms with Crippen LogP contribution in [0, 0.1) is 17.8 Å². The fraction of sp³-hybridized carbons (Fsp3) is 0.852. The van der Waals surface area contributed by atoms with E-state index in [1.807, 2.05) is 6.20 Å².